The Morgan fingerprint density at radius 3 is 2.12 bits per heavy atom. The molecular formula is C17H16ClNO6. The maximum atomic E-state index is 13.0. The second kappa shape index (κ2) is 7.40. The Kier molecular flexibility index (Phi) is 5.48. The number of nitro groups is 1. The van der Waals surface area contributed by atoms with E-state index in [4.69, 9.17) is 25.8 Å². The van der Waals surface area contributed by atoms with Gasteiger partial charge in [0.05, 0.1) is 36.8 Å². The van der Waals surface area contributed by atoms with Gasteiger partial charge in [0, 0.05) is 17.7 Å². The highest BCUT2D eigenvalue weighted by Gasteiger charge is 2.26. The Balaban J connectivity index is 2.70. The van der Waals surface area contributed by atoms with E-state index in [-0.39, 0.29) is 33.3 Å². The van der Waals surface area contributed by atoms with E-state index in [1.165, 1.54) is 33.5 Å². The summed E-state index contributed by atoms with van der Waals surface area (Å²) in [5.41, 5.74) is 0.579. The first-order chi connectivity index (χ1) is 11.8. The Hall–Kier alpha value is -2.80. The van der Waals surface area contributed by atoms with Crippen LogP contribution in [0.3, 0.4) is 0 Å². The number of ether oxygens (including phenoxy) is 3. The number of hydrogen-bond donors (Lipinski definition) is 0. The van der Waals surface area contributed by atoms with Gasteiger partial charge in [-0.3, -0.25) is 14.9 Å². The topological polar surface area (TPSA) is 87.9 Å². The van der Waals surface area contributed by atoms with E-state index in [0.717, 1.165) is 6.07 Å². The molecule has 2 aromatic carbocycles. The summed E-state index contributed by atoms with van der Waals surface area (Å²) < 4.78 is 15.9. The van der Waals surface area contributed by atoms with Crippen LogP contribution in [-0.2, 0) is 0 Å². The lowest BCUT2D eigenvalue weighted by Crippen LogP contribution is -2.08. The Morgan fingerprint density at radius 1 is 1.00 bits per heavy atom. The first-order valence-corrected chi connectivity index (χ1v) is 7.51. The monoisotopic (exact) mass is 365 g/mol. The highest BCUT2D eigenvalue weighted by Crippen LogP contribution is 2.43. The molecule has 0 heterocycles. The number of carbonyl (C=O) groups excluding carboxylic acids is 1. The molecule has 0 bridgehead atoms. The van der Waals surface area contributed by atoms with Gasteiger partial charge in [-0.2, -0.15) is 0 Å². The van der Waals surface area contributed by atoms with Crippen molar-refractivity contribution < 1.29 is 23.9 Å². The predicted molar refractivity (Wildman–Crippen MR) is 92.4 cm³/mol. The molecule has 0 radical (unpaired) electrons. The first kappa shape index (κ1) is 18.5. The molecule has 0 unspecified atom stereocenters. The van der Waals surface area contributed by atoms with Crippen molar-refractivity contribution in [3.8, 4) is 17.2 Å². The molecule has 2 aromatic rings. The third kappa shape index (κ3) is 3.36. The lowest BCUT2D eigenvalue weighted by Gasteiger charge is -2.17. The maximum Gasteiger partial charge on any atom is 0.270 e. The lowest BCUT2D eigenvalue weighted by molar-refractivity contribution is -0.384. The van der Waals surface area contributed by atoms with Crippen LogP contribution < -0.4 is 14.2 Å². The van der Waals surface area contributed by atoms with Crippen molar-refractivity contribution in [2.45, 2.75) is 6.92 Å². The summed E-state index contributed by atoms with van der Waals surface area (Å²) in [6, 6.07) is 5.25. The van der Waals surface area contributed by atoms with Crippen LogP contribution in [0, 0.1) is 17.0 Å². The van der Waals surface area contributed by atoms with Gasteiger partial charge in [-0.15, -0.1) is 0 Å². The van der Waals surface area contributed by atoms with E-state index in [1.807, 2.05) is 0 Å². The molecule has 7 nitrogen and oxygen atoms in total. The zero-order valence-corrected chi connectivity index (χ0v) is 14.8. The second-order valence-electron chi connectivity index (χ2n) is 5.09. The molecule has 0 spiro atoms. The minimum absolute atomic E-state index is 0.000728. The molecule has 2 rings (SSSR count). The molecule has 0 saturated carbocycles. The summed E-state index contributed by atoms with van der Waals surface area (Å²) in [5.74, 6) is 0.336. The van der Waals surface area contributed by atoms with Gasteiger partial charge in [0.15, 0.2) is 17.3 Å². The number of methoxy groups -OCH3 is 3. The summed E-state index contributed by atoms with van der Waals surface area (Å²) in [6.45, 7) is 1.74. The number of ketones is 1. The minimum Gasteiger partial charge on any atom is -0.492 e. The SMILES string of the molecule is COc1c(C)cc(C(=O)c2cc([N+](=O)[O-])ccc2Cl)c(OC)c1OC. The Labute approximate surface area is 149 Å². The van der Waals surface area contributed by atoms with Crippen molar-refractivity contribution >= 4 is 23.1 Å². The molecule has 0 saturated heterocycles. The van der Waals surface area contributed by atoms with Gasteiger partial charge in [0.2, 0.25) is 5.75 Å². The van der Waals surface area contributed by atoms with Crippen molar-refractivity contribution in [3.63, 3.8) is 0 Å². The summed E-state index contributed by atoms with van der Waals surface area (Å²) >= 11 is 6.07. The molecule has 8 heteroatoms. The fraction of sp³-hybridized carbons (Fsp3) is 0.235. The third-order valence-corrected chi connectivity index (χ3v) is 3.97. The van der Waals surface area contributed by atoms with Crippen molar-refractivity contribution in [1.82, 2.24) is 0 Å². The average Bonchev–Trinajstić information content (AvgIpc) is 2.60. The van der Waals surface area contributed by atoms with Gasteiger partial charge in [-0.25, -0.2) is 0 Å². The number of nitrogens with zero attached hydrogens (tertiary/aromatic N) is 1. The molecular weight excluding hydrogens is 350 g/mol. The van der Waals surface area contributed by atoms with Gasteiger partial charge in [-0.05, 0) is 24.6 Å². The molecule has 25 heavy (non-hydrogen) atoms. The van der Waals surface area contributed by atoms with Crippen molar-refractivity contribution in [3.05, 3.63) is 56.1 Å². The summed E-state index contributed by atoms with van der Waals surface area (Å²) in [5, 5.41) is 11.1. The van der Waals surface area contributed by atoms with Crippen LogP contribution in [0.25, 0.3) is 0 Å². The Morgan fingerprint density at radius 2 is 1.60 bits per heavy atom. The largest absolute Gasteiger partial charge is 0.492 e. The average molecular weight is 366 g/mol. The van der Waals surface area contributed by atoms with Crippen LogP contribution in [0.15, 0.2) is 24.3 Å². The number of non-ortho nitro benzene ring substituents is 1. The fourth-order valence-corrected chi connectivity index (χ4v) is 2.71. The number of aryl methyl sites for hydroxylation is 1. The number of halogens is 1. The van der Waals surface area contributed by atoms with Crippen LogP contribution in [0.5, 0.6) is 17.2 Å². The first-order valence-electron chi connectivity index (χ1n) is 7.13. The maximum absolute atomic E-state index is 13.0. The van der Waals surface area contributed by atoms with Gasteiger partial charge in [-0.1, -0.05) is 11.6 Å². The zero-order chi connectivity index (χ0) is 18.7. The zero-order valence-electron chi connectivity index (χ0n) is 14.1. The lowest BCUT2D eigenvalue weighted by atomic mass is 9.98. The van der Waals surface area contributed by atoms with Crippen molar-refractivity contribution in [1.29, 1.82) is 0 Å². The van der Waals surface area contributed by atoms with E-state index in [1.54, 1.807) is 13.0 Å². The van der Waals surface area contributed by atoms with E-state index < -0.39 is 10.7 Å². The highest BCUT2D eigenvalue weighted by molar-refractivity contribution is 6.35. The number of hydrogen-bond acceptors (Lipinski definition) is 6. The smallest absolute Gasteiger partial charge is 0.270 e. The van der Waals surface area contributed by atoms with E-state index in [0.29, 0.717) is 11.3 Å². The van der Waals surface area contributed by atoms with Gasteiger partial charge in [0.25, 0.3) is 5.69 Å². The van der Waals surface area contributed by atoms with E-state index in [9.17, 15) is 14.9 Å². The molecule has 0 aliphatic carbocycles. The molecule has 0 amide bonds. The van der Waals surface area contributed by atoms with Gasteiger partial charge < -0.3 is 14.2 Å². The molecule has 0 aliphatic rings. The summed E-state index contributed by atoms with van der Waals surface area (Å²) in [4.78, 5) is 23.3. The predicted octanol–water partition coefficient (Wildman–Crippen LogP) is 3.81. The van der Waals surface area contributed by atoms with Gasteiger partial charge >= 0.3 is 0 Å². The third-order valence-electron chi connectivity index (χ3n) is 3.64. The molecule has 0 atom stereocenters. The van der Waals surface area contributed by atoms with Crippen LogP contribution in [0.2, 0.25) is 5.02 Å². The molecule has 0 aromatic heterocycles. The van der Waals surface area contributed by atoms with Crippen molar-refractivity contribution in [2.24, 2.45) is 0 Å². The molecule has 0 fully saturated rings. The highest BCUT2D eigenvalue weighted by atomic mass is 35.5. The van der Waals surface area contributed by atoms with E-state index >= 15 is 0 Å². The fourth-order valence-electron chi connectivity index (χ4n) is 2.51. The minimum atomic E-state index is -0.593. The second-order valence-corrected chi connectivity index (χ2v) is 5.50. The van der Waals surface area contributed by atoms with Crippen LogP contribution in [0.1, 0.15) is 21.5 Å². The standard InChI is InChI=1S/C17H16ClNO6/c1-9-7-12(16(24-3)17(25-4)15(9)23-2)14(20)11-8-10(19(21)22)5-6-13(11)18/h5-8H,1-4H3. The van der Waals surface area contributed by atoms with Crippen LogP contribution in [0.4, 0.5) is 5.69 Å². The van der Waals surface area contributed by atoms with Gasteiger partial charge in [0.1, 0.15) is 0 Å². The van der Waals surface area contributed by atoms with Crippen molar-refractivity contribution in [2.75, 3.05) is 21.3 Å². The quantitative estimate of drug-likeness (QED) is 0.439. The molecule has 0 aliphatic heterocycles. The molecule has 0 N–H and O–H groups in total. The summed E-state index contributed by atoms with van der Waals surface area (Å²) in [7, 11) is 4.29. The van der Waals surface area contributed by atoms with Crippen LogP contribution >= 0.6 is 11.6 Å². The number of nitro benzene ring substituents is 1. The van der Waals surface area contributed by atoms with E-state index in [2.05, 4.69) is 0 Å². The number of rotatable bonds is 6. The number of carbonyl (C=O) groups is 1. The Bertz CT molecular complexity index is 850. The summed E-state index contributed by atoms with van der Waals surface area (Å²) in [6.07, 6.45) is 0. The number of benzene rings is 2. The van der Waals surface area contributed by atoms with Crippen LogP contribution in [-0.4, -0.2) is 32.0 Å². The normalized spacial score (nSPS) is 10.3. The molecule has 132 valence electrons.